The lowest BCUT2D eigenvalue weighted by Crippen LogP contribution is -2.01. The zero-order valence-electron chi connectivity index (χ0n) is 4.43. The van der Waals surface area contributed by atoms with E-state index in [-0.39, 0.29) is 0 Å². The average Bonchev–Trinajstić information content (AvgIpc) is 1.91. The van der Waals surface area contributed by atoms with Gasteiger partial charge < -0.3 is 0 Å². The molecule has 0 amide bonds. The SMILES string of the molecule is PC1CCCC1P. The fraction of sp³-hybridized carbons (Fsp3) is 1.00. The zero-order chi connectivity index (χ0) is 5.28. The van der Waals surface area contributed by atoms with Crippen LogP contribution in [0.5, 0.6) is 0 Å². The van der Waals surface area contributed by atoms with Gasteiger partial charge in [-0.3, -0.25) is 0 Å². The molecule has 4 atom stereocenters. The van der Waals surface area contributed by atoms with Gasteiger partial charge in [-0.15, -0.1) is 18.5 Å². The van der Waals surface area contributed by atoms with Crippen LogP contribution in [-0.4, -0.2) is 11.3 Å². The first-order valence-corrected chi connectivity index (χ1v) is 4.15. The lowest BCUT2D eigenvalue weighted by Gasteiger charge is -2.04. The van der Waals surface area contributed by atoms with E-state index in [0.29, 0.717) is 0 Å². The zero-order valence-corrected chi connectivity index (χ0v) is 6.74. The summed E-state index contributed by atoms with van der Waals surface area (Å²) >= 11 is 0. The Kier molecular flexibility index (Phi) is 2.07. The molecule has 0 aromatic rings. The second-order valence-electron chi connectivity index (χ2n) is 2.26. The van der Waals surface area contributed by atoms with Crippen molar-refractivity contribution in [1.82, 2.24) is 0 Å². The van der Waals surface area contributed by atoms with E-state index in [0.717, 1.165) is 11.3 Å². The van der Waals surface area contributed by atoms with E-state index in [4.69, 9.17) is 0 Å². The van der Waals surface area contributed by atoms with Crippen LogP contribution >= 0.6 is 18.5 Å². The van der Waals surface area contributed by atoms with Gasteiger partial charge in [0.2, 0.25) is 0 Å². The largest absolute Gasteiger partial charge is 0.134 e. The molecule has 0 heterocycles. The van der Waals surface area contributed by atoms with E-state index in [1.807, 2.05) is 0 Å². The van der Waals surface area contributed by atoms with Crippen LogP contribution in [0.2, 0.25) is 0 Å². The normalized spacial score (nSPS) is 42.0. The van der Waals surface area contributed by atoms with Crippen LogP contribution in [0.4, 0.5) is 0 Å². The first-order valence-electron chi connectivity index (χ1n) is 2.82. The van der Waals surface area contributed by atoms with Gasteiger partial charge >= 0.3 is 0 Å². The molecule has 0 nitrogen and oxygen atoms in total. The van der Waals surface area contributed by atoms with Gasteiger partial charge in [0.25, 0.3) is 0 Å². The molecule has 1 aliphatic rings. The Morgan fingerprint density at radius 3 is 1.57 bits per heavy atom. The van der Waals surface area contributed by atoms with Crippen molar-refractivity contribution in [3.05, 3.63) is 0 Å². The van der Waals surface area contributed by atoms with Crippen LogP contribution in [-0.2, 0) is 0 Å². The summed E-state index contributed by atoms with van der Waals surface area (Å²) < 4.78 is 0. The van der Waals surface area contributed by atoms with Crippen molar-refractivity contribution < 1.29 is 0 Å². The predicted octanol–water partition coefficient (Wildman–Crippen LogP) is 1.66. The third-order valence-electron chi connectivity index (χ3n) is 1.62. The molecule has 0 aromatic carbocycles. The van der Waals surface area contributed by atoms with Crippen molar-refractivity contribution in [2.45, 2.75) is 30.6 Å². The van der Waals surface area contributed by atoms with Crippen LogP contribution in [0.25, 0.3) is 0 Å². The molecule has 0 radical (unpaired) electrons. The molecule has 0 aromatic heterocycles. The van der Waals surface area contributed by atoms with Crippen molar-refractivity contribution in [1.29, 1.82) is 0 Å². The molecule has 1 fully saturated rings. The minimum Gasteiger partial charge on any atom is -0.134 e. The van der Waals surface area contributed by atoms with Crippen molar-refractivity contribution >= 4 is 18.5 Å². The molecule has 2 heteroatoms. The van der Waals surface area contributed by atoms with Crippen LogP contribution in [0.3, 0.4) is 0 Å². The highest BCUT2D eigenvalue weighted by Crippen LogP contribution is 2.31. The van der Waals surface area contributed by atoms with Gasteiger partial charge in [-0.05, 0) is 24.2 Å². The van der Waals surface area contributed by atoms with Crippen molar-refractivity contribution in [2.24, 2.45) is 0 Å². The first-order chi connectivity index (χ1) is 3.30. The Morgan fingerprint density at radius 2 is 1.43 bits per heavy atom. The summed E-state index contributed by atoms with van der Waals surface area (Å²) in [6.07, 6.45) is 4.26. The molecule has 1 rings (SSSR count). The summed E-state index contributed by atoms with van der Waals surface area (Å²) in [6, 6.07) is 0. The standard InChI is InChI=1S/C5H12P2/c6-4-2-1-3-5(4)7/h4-5H,1-3,6-7H2. The maximum atomic E-state index is 2.89. The van der Waals surface area contributed by atoms with Gasteiger partial charge in [0.1, 0.15) is 0 Å². The summed E-state index contributed by atoms with van der Waals surface area (Å²) in [5.74, 6) is 0. The third kappa shape index (κ3) is 1.37. The van der Waals surface area contributed by atoms with Crippen LogP contribution in [0.15, 0.2) is 0 Å². The molecule has 4 unspecified atom stereocenters. The number of hydrogen-bond donors (Lipinski definition) is 0. The summed E-state index contributed by atoms with van der Waals surface area (Å²) in [7, 11) is 5.78. The van der Waals surface area contributed by atoms with Gasteiger partial charge in [0, 0.05) is 0 Å². The lowest BCUT2D eigenvalue weighted by atomic mass is 10.4. The van der Waals surface area contributed by atoms with E-state index < -0.39 is 0 Å². The predicted molar refractivity (Wildman–Crippen MR) is 40.8 cm³/mol. The van der Waals surface area contributed by atoms with Crippen LogP contribution in [0.1, 0.15) is 19.3 Å². The molecule has 0 aliphatic heterocycles. The quantitative estimate of drug-likeness (QED) is 0.442. The summed E-state index contributed by atoms with van der Waals surface area (Å²) in [4.78, 5) is 0. The van der Waals surface area contributed by atoms with Gasteiger partial charge in [-0.1, -0.05) is 6.42 Å². The second kappa shape index (κ2) is 2.42. The van der Waals surface area contributed by atoms with Gasteiger partial charge in [-0.2, -0.15) is 0 Å². The topological polar surface area (TPSA) is 0 Å². The molecule has 42 valence electrons. The van der Waals surface area contributed by atoms with E-state index in [9.17, 15) is 0 Å². The molecule has 0 N–H and O–H groups in total. The van der Waals surface area contributed by atoms with E-state index >= 15 is 0 Å². The van der Waals surface area contributed by atoms with Crippen LogP contribution in [0, 0.1) is 0 Å². The minimum absolute atomic E-state index is 0.894. The highest BCUT2D eigenvalue weighted by molar-refractivity contribution is 7.23. The van der Waals surface area contributed by atoms with Crippen molar-refractivity contribution in [3.8, 4) is 0 Å². The van der Waals surface area contributed by atoms with Crippen LogP contribution < -0.4 is 0 Å². The van der Waals surface area contributed by atoms with Gasteiger partial charge in [-0.25, -0.2) is 0 Å². The fourth-order valence-corrected chi connectivity index (χ4v) is 1.87. The Hall–Kier alpha value is 0.860. The highest BCUT2D eigenvalue weighted by Gasteiger charge is 2.18. The average molecular weight is 134 g/mol. The molecule has 7 heavy (non-hydrogen) atoms. The monoisotopic (exact) mass is 134 g/mol. The van der Waals surface area contributed by atoms with Crippen molar-refractivity contribution in [2.75, 3.05) is 0 Å². The van der Waals surface area contributed by atoms with Crippen molar-refractivity contribution in [3.63, 3.8) is 0 Å². The Labute approximate surface area is 49.9 Å². The van der Waals surface area contributed by atoms with Gasteiger partial charge in [0.15, 0.2) is 0 Å². The Bertz CT molecular complexity index is 55.1. The summed E-state index contributed by atoms with van der Waals surface area (Å²) in [6.45, 7) is 0. The second-order valence-corrected chi connectivity index (χ2v) is 3.97. The Balaban J connectivity index is 2.33. The molecular formula is C5H12P2. The summed E-state index contributed by atoms with van der Waals surface area (Å²) in [5, 5.41) is 0. The molecule has 0 spiro atoms. The smallest absolute Gasteiger partial charge is 0.0201 e. The summed E-state index contributed by atoms with van der Waals surface area (Å²) in [5.41, 5.74) is 1.79. The third-order valence-corrected chi connectivity index (χ3v) is 3.72. The molecule has 0 saturated heterocycles. The molecule has 0 bridgehead atoms. The molecule has 1 saturated carbocycles. The van der Waals surface area contributed by atoms with E-state index in [1.54, 1.807) is 0 Å². The van der Waals surface area contributed by atoms with E-state index in [2.05, 4.69) is 18.5 Å². The van der Waals surface area contributed by atoms with E-state index in [1.165, 1.54) is 19.3 Å². The number of rotatable bonds is 0. The Morgan fingerprint density at radius 1 is 1.00 bits per heavy atom. The maximum absolute atomic E-state index is 2.89. The minimum atomic E-state index is 0.894. The van der Waals surface area contributed by atoms with Gasteiger partial charge in [0.05, 0.1) is 0 Å². The molecular weight excluding hydrogens is 122 g/mol. The fourth-order valence-electron chi connectivity index (χ4n) is 1.02. The number of hydrogen-bond acceptors (Lipinski definition) is 0. The highest BCUT2D eigenvalue weighted by atomic mass is 31.0. The lowest BCUT2D eigenvalue weighted by molar-refractivity contribution is 0.890. The first kappa shape index (κ1) is 5.99. The maximum Gasteiger partial charge on any atom is -0.0201 e. The molecule has 1 aliphatic carbocycles.